The predicted octanol–water partition coefficient (Wildman–Crippen LogP) is 1.79. The van der Waals surface area contributed by atoms with Crippen LogP contribution in [0.3, 0.4) is 0 Å². The lowest BCUT2D eigenvalue weighted by molar-refractivity contribution is 0.394. The fourth-order valence-electron chi connectivity index (χ4n) is 2.52. The molecule has 1 aliphatic carbocycles. The zero-order valence-electron chi connectivity index (χ0n) is 9.90. The number of nitriles is 1. The van der Waals surface area contributed by atoms with E-state index in [1.807, 2.05) is 30.8 Å². The number of hydrogen-bond acceptors (Lipinski definition) is 3. The molecule has 1 aliphatic rings. The molecule has 0 spiro atoms. The van der Waals surface area contributed by atoms with E-state index in [2.05, 4.69) is 16.5 Å². The third kappa shape index (κ3) is 1.96. The topological polar surface area (TPSA) is 53.6 Å². The lowest BCUT2D eigenvalue weighted by Gasteiger charge is -2.21. The highest BCUT2D eigenvalue weighted by molar-refractivity contribution is 5.13. The van der Waals surface area contributed by atoms with Gasteiger partial charge in [0.05, 0.1) is 17.8 Å². The van der Waals surface area contributed by atoms with E-state index < -0.39 is 0 Å². The first-order valence-corrected chi connectivity index (χ1v) is 5.87. The van der Waals surface area contributed by atoms with Gasteiger partial charge in [0.1, 0.15) is 5.54 Å². The first-order chi connectivity index (χ1) is 7.69. The maximum absolute atomic E-state index is 9.28. The monoisotopic (exact) mass is 218 g/mol. The highest BCUT2D eigenvalue weighted by Gasteiger charge is 2.39. The molecule has 2 unspecified atom stereocenters. The van der Waals surface area contributed by atoms with Crippen LogP contribution in [0.25, 0.3) is 0 Å². The fourth-order valence-corrected chi connectivity index (χ4v) is 2.52. The van der Waals surface area contributed by atoms with Crippen molar-refractivity contribution in [2.75, 3.05) is 6.54 Å². The summed E-state index contributed by atoms with van der Waals surface area (Å²) in [5.74, 6) is 0. The molecule has 86 valence electrons. The van der Waals surface area contributed by atoms with Gasteiger partial charge in [-0.1, -0.05) is 6.92 Å². The van der Waals surface area contributed by atoms with Crippen LogP contribution in [0.15, 0.2) is 12.3 Å². The summed E-state index contributed by atoms with van der Waals surface area (Å²) >= 11 is 0. The fraction of sp³-hybridized carbons (Fsp3) is 0.667. The van der Waals surface area contributed by atoms with Crippen molar-refractivity contribution in [1.29, 1.82) is 5.26 Å². The summed E-state index contributed by atoms with van der Waals surface area (Å²) in [6.07, 6.45) is 4.82. The van der Waals surface area contributed by atoms with Crippen LogP contribution in [0.5, 0.6) is 0 Å². The van der Waals surface area contributed by atoms with Crippen LogP contribution < -0.4 is 5.32 Å². The molecule has 0 bridgehead atoms. The van der Waals surface area contributed by atoms with Gasteiger partial charge in [-0.25, -0.2) is 0 Å². The van der Waals surface area contributed by atoms with E-state index in [-0.39, 0.29) is 5.54 Å². The quantitative estimate of drug-likeness (QED) is 0.841. The van der Waals surface area contributed by atoms with Crippen LogP contribution in [0.4, 0.5) is 0 Å². The van der Waals surface area contributed by atoms with Crippen LogP contribution in [0.2, 0.25) is 0 Å². The van der Waals surface area contributed by atoms with Gasteiger partial charge in [-0.15, -0.1) is 0 Å². The number of nitrogens with zero attached hydrogens (tertiary/aromatic N) is 3. The molecule has 1 fully saturated rings. The molecule has 2 atom stereocenters. The highest BCUT2D eigenvalue weighted by Crippen LogP contribution is 2.36. The molecule has 0 aromatic carbocycles. The molecule has 0 amide bonds. The van der Waals surface area contributed by atoms with E-state index in [0.29, 0.717) is 6.04 Å². The molecule has 4 heteroatoms. The van der Waals surface area contributed by atoms with Crippen molar-refractivity contribution in [3.8, 4) is 6.07 Å². The molecule has 1 N–H and O–H groups in total. The summed E-state index contributed by atoms with van der Waals surface area (Å²) in [5, 5.41) is 17.0. The minimum absolute atomic E-state index is 0.334. The van der Waals surface area contributed by atoms with E-state index in [9.17, 15) is 5.26 Å². The minimum Gasteiger partial charge on any atom is -0.300 e. The molecular formula is C12H18N4. The van der Waals surface area contributed by atoms with Crippen molar-refractivity contribution >= 4 is 0 Å². The number of aryl methyl sites for hydroxylation is 1. The first-order valence-electron chi connectivity index (χ1n) is 5.87. The molecule has 0 aliphatic heterocycles. The van der Waals surface area contributed by atoms with E-state index >= 15 is 0 Å². The molecule has 1 saturated carbocycles. The van der Waals surface area contributed by atoms with Crippen LogP contribution in [0, 0.1) is 18.3 Å². The van der Waals surface area contributed by atoms with Crippen molar-refractivity contribution in [3.05, 3.63) is 18.0 Å². The Kier molecular flexibility index (Phi) is 2.97. The van der Waals surface area contributed by atoms with E-state index in [0.717, 1.165) is 31.5 Å². The van der Waals surface area contributed by atoms with Gasteiger partial charge >= 0.3 is 0 Å². The predicted molar refractivity (Wildman–Crippen MR) is 61.9 cm³/mol. The Hall–Kier alpha value is -1.34. The van der Waals surface area contributed by atoms with Gasteiger partial charge in [-0.05, 0) is 32.4 Å². The zero-order valence-corrected chi connectivity index (χ0v) is 9.90. The molecule has 1 aromatic rings. The zero-order chi connectivity index (χ0) is 11.6. The average molecular weight is 218 g/mol. The molecule has 0 saturated heterocycles. The van der Waals surface area contributed by atoms with Crippen LogP contribution in [-0.2, 0) is 0 Å². The Morgan fingerprint density at radius 2 is 2.56 bits per heavy atom. The second-order valence-corrected chi connectivity index (χ2v) is 4.56. The van der Waals surface area contributed by atoms with Crippen molar-refractivity contribution in [1.82, 2.24) is 15.1 Å². The molecule has 1 heterocycles. The third-order valence-electron chi connectivity index (χ3n) is 3.33. The first kappa shape index (κ1) is 11.2. The Balaban J connectivity index is 2.10. The largest absolute Gasteiger partial charge is 0.300 e. The normalized spacial score (nSPS) is 29.2. The maximum atomic E-state index is 9.28. The van der Waals surface area contributed by atoms with E-state index in [1.54, 1.807) is 0 Å². The second kappa shape index (κ2) is 4.26. The van der Waals surface area contributed by atoms with Crippen molar-refractivity contribution in [2.24, 2.45) is 0 Å². The highest BCUT2D eigenvalue weighted by atomic mass is 15.3. The standard InChI is InChI=1S/C12H18N4/c1-3-14-12(9-13)6-4-11(8-12)16-7-5-10(2)15-16/h5,7,11,14H,3-4,6,8H2,1-2H3. The van der Waals surface area contributed by atoms with Crippen molar-refractivity contribution in [2.45, 2.75) is 44.7 Å². The molecule has 2 rings (SSSR count). The molecule has 1 aromatic heterocycles. The lowest BCUT2D eigenvalue weighted by atomic mass is 9.99. The summed E-state index contributed by atoms with van der Waals surface area (Å²) in [6, 6.07) is 4.81. The van der Waals surface area contributed by atoms with Crippen LogP contribution in [-0.4, -0.2) is 21.9 Å². The lowest BCUT2D eigenvalue weighted by Crippen LogP contribution is -2.41. The van der Waals surface area contributed by atoms with Gasteiger partial charge in [-0.2, -0.15) is 10.4 Å². The number of rotatable bonds is 3. The van der Waals surface area contributed by atoms with Crippen molar-refractivity contribution in [3.63, 3.8) is 0 Å². The Bertz CT molecular complexity index is 403. The smallest absolute Gasteiger partial charge is 0.108 e. The van der Waals surface area contributed by atoms with Gasteiger partial charge < -0.3 is 0 Å². The number of aromatic nitrogens is 2. The Morgan fingerprint density at radius 3 is 3.12 bits per heavy atom. The van der Waals surface area contributed by atoms with Gasteiger partial charge in [0, 0.05) is 12.6 Å². The molecule has 16 heavy (non-hydrogen) atoms. The molecule has 4 nitrogen and oxygen atoms in total. The average Bonchev–Trinajstić information content (AvgIpc) is 2.86. The maximum Gasteiger partial charge on any atom is 0.108 e. The van der Waals surface area contributed by atoms with Crippen LogP contribution in [0.1, 0.15) is 37.9 Å². The Morgan fingerprint density at radius 1 is 1.75 bits per heavy atom. The summed E-state index contributed by atoms with van der Waals surface area (Å²) in [7, 11) is 0. The SMILES string of the molecule is CCNC1(C#N)CCC(n2ccc(C)n2)C1. The van der Waals surface area contributed by atoms with Crippen molar-refractivity contribution < 1.29 is 0 Å². The van der Waals surface area contributed by atoms with E-state index in [1.165, 1.54) is 0 Å². The third-order valence-corrected chi connectivity index (χ3v) is 3.33. The number of hydrogen-bond donors (Lipinski definition) is 1. The summed E-state index contributed by atoms with van der Waals surface area (Å²) in [6.45, 7) is 4.89. The van der Waals surface area contributed by atoms with Gasteiger partial charge in [-0.3, -0.25) is 10.00 Å². The molecule has 0 radical (unpaired) electrons. The van der Waals surface area contributed by atoms with E-state index in [4.69, 9.17) is 0 Å². The Labute approximate surface area is 96.3 Å². The van der Waals surface area contributed by atoms with Gasteiger partial charge in [0.15, 0.2) is 0 Å². The van der Waals surface area contributed by atoms with Crippen LogP contribution >= 0.6 is 0 Å². The van der Waals surface area contributed by atoms with Gasteiger partial charge in [0.25, 0.3) is 0 Å². The summed E-state index contributed by atoms with van der Waals surface area (Å²) in [4.78, 5) is 0. The second-order valence-electron chi connectivity index (χ2n) is 4.56. The summed E-state index contributed by atoms with van der Waals surface area (Å²) < 4.78 is 2.01. The summed E-state index contributed by atoms with van der Waals surface area (Å²) in [5.41, 5.74) is 0.706. The number of nitrogens with one attached hydrogen (secondary N) is 1. The minimum atomic E-state index is -0.334. The van der Waals surface area contributed by atoms with Gasteiger partial charge in [0.2, 0.25) is 0 Å². The molecular weight excluding hydrogens is 200 g/mol.